The third-order valence-electron chi connectivity index (χ3n) is 2.73. The molecule has 0 aromatic heterocycles. The van der Waals surface area contributed by atoms with Crippen molar-refractivity contribution >= 4 is 15.9 Å². The number of nitrogens with zero attached hydrogens (tertiary/aromatic N) is 1. The Labute approximate surface area is 135 Å². The number of hydrogen-bond donors (Lipinski definition) is 1. The quantitative estimate of drug-likeness (QED) is 0.769. The standard InChI is InChI=1S/C16H23BrN2O2/c1-5-20-15-7-13(10-19-9-11(2)3)6-14(17)16(15)21-12(4)8-18/h6-7,11-12,19H,5,9-10H2,1-4H3. The molecular weight excluding hydrogens is 332 g/mol. The van der Waals surface area contributed by atoms with Crippen molar-refractivity contribution in [3.63, 3.8) is 0 Å². The highest BCUT2D eigenvalue weighted by atomic mass is 79.9. The van der Waals surface area contributed by atoms with Gasteiger partial charge in [0.15, 0.2) is 17.6 Å². The molecule has 21 heavy (non-hydrogen) atoms. The van der Waals surface area contributed by atoms with E-state index in [1.54, 1.807) is 6.92 Å². The van der Waals surface area contributed by atoms with Gasteiger partial charge in [-0.25, -0.2) is 0 Å². The van der Waals surface area contributed by atoms with E-state index >= 15 is 0 Å². The molecule has 1 atom stereocenters. The Bertz CT molecular complexity index is 498. The SMILES string of the molecule is CCOc1cc(CNCC(C)C)cc(Br)c1OC(C)C#N. The first-order valence-electron chi connectivity index (χ1n) is 7.20. The molecule has 0 fully saturated rings. The lowest BCUT2D eigenvalue weighted by molar-refractivity contribution is 0.248. The molecule has 0 saturated heterocycles. The largest absolute Gasteiger partial charge is 0.490 e. The number of hydrogen-bond acceptors (Lipinski definition) is 4. The van der Waals surface area contributed by atoms with Gasteiger partial charge in [-0.05, 0) is 59.9 Å². The molecule has 0 amide bonds. The summed E-state index contributed by atoms with van der Waals surface area (Å²) in [5.74, 6) is 1.85. The van der Waals surface area contributed by atoms with Crippen molar-refractivity contribution in [2.75, 3.05) is 13.2 Å². The van der Waals surface area contributed by atoms with Crippen LogP contribution < -0.4 is 14.8 Å². The molecule has 0 heterocycles. The second kappa shape index (κ2) is 8.91. The fourth-order valence-electron chi connectivity index (χ4n) is 1.81. The topological polar surface area (TPSA) is 54.3 Å². The van der Waals surface area contributed by atoms with E-state index in [0.717, 1.165) is 23.1 Å². The fraction of sp³-hybridized carbons (Fsp3) is 0.562. The van der Waals surface area contributed by atoms with Gasteiger partial charge in [-0.2, -0.15) is 5.26 Å². The van der Waals surface area contributed by atoms with Crippen LogP contribution in [0, 0.1) is 17.2 Å². The van der Waals surface area contributed by atoms with Gasteiger partial charge in [-0.1, -0.05) is 13.8 Å². The summed E-state index contributed by atoms with van der Waals surface area (Å²) >= 11 is 3.50. The average Bonchev–Trinajstić information content (AvgIpc) is 2.42. The summed E-state index contributed by atoms with van der Waals surface area (Å²) in [6, 6.07) is 6.02. The molecule has 0 aliphatic heterocycles. The third-order valence-corrected chi connectivity index (χ3v) is 3.32. The summed E-state index contributed by atoms with van der Waals surface area (Å²) in [7, 11) is 0. The van der Waals surface area contributed by atoms with Gasteiger partial charge in [0.25, 0.3) is 0 Å². The first-order valence-corrected chi connectivity index (χ1v) is 7.99. The minimum Gasteiger partial charge on any atom is -0.490 e. The van der Waals surface area contributed by atoms with E-state index in [0.29, 0.717) is 24.0 Å². The normalized spacial score (nSPS) is 12.0. The van der Waals surface area contributed by atoms with Crippen molar-refractivity contribution in [3.8, 4) is 17.6 Å². The van der Waals surface area contributed by atoms with Gasteiger partial charge in [0, 0.05) is 6.54 Å². The highest BCUT2D eigenvalue weighted by Gasteiger charge is 2.15. The number of halogens is 1. The van der Waals surface area contributed by atoms with E-state index in [-0.39, 0.29) is 0 Å². The maximum absolute atomic E-state index is 8.89. The van der Waals surface area contributed by atoms with Crippen molar-refractivity contribution < 1.29 is 9.47 Å². The van der Waals surface area contributed by atoms with E-state index in [1.807, 2.05) is 19.1 Å². The molecule has 1 aromatic carbocycles. The zero-order valence-corrected chi connectivity index (χ0v) is 14.7. The van der Waals surface area contributed by atoms with Gasteiger partial charge in [0.05, 0.1) is 11.1 Å². The lowest BCUT2D eigenvalue weighted by atomic mass is 10.1. The lowest BCUT2D eigenvalue weighted by Crippen LogP contribution is -2.19. The number of nitrogens with one attached hydrogen (secondary N) is 1. The zero-order chi connectivity index (χ0) is 15.8. The molecule has 116 valence electrons. The number of rotatable bonds is 8. The van der Waals surface area contributed by atoms with Crippen LogP contribution >= 0.6 is 15.9 Å². The molecular formula is C16H23BrN2O2. The average molecular weight is 355 g/mol. The second-order valence-electron chi connectivity index (χ2n) is 5.25. The highest BCUT2D eigenvalue weighted by Crippen LogP contribution is 2.37. The van der Waals surface area contributed by atoms with Crippen molar-refractivity contribution in [2.45, 2.75) is 40.3 Å². The fourth-order valence-corrected chi connectivity index (χ4v) is 2.39. The van der Waals surface area contributed by atoms with Crippen molar-refractivity contribution in [2.24, 2.45) is 5.92 Å². The van der Waals surface area contributed by atoms with Gasteiger partial charge in [0.2, 0.25) is 0 Å². The molecule has 0 spiro atoms. The number of nitriles is 1. The van der Waals surface area contributed by atoms with Gasteiger partial charge in [-0.15, -0.1) is 0 Å². The maximum Gasteiger partial charge on any atom is 0.181 e. The molecule has 0 radical (unpaired) electrons. The Morgan fingerprint density at radius 3 is 2.62 bits per heavy atom. The Hall–Kier alpha value is -1.25. The molecule has 4 nitrogen and oxygen atoms in total. The Morgan fingerprint density at radius 1 is 1.33 bits per heavy atom. The summed E-state index contributed by atoms with van der Waals surface area (Å²) in [6.45, 7) is 10.3. The van der Waals surface area contributed by atoms with E-state index < -0.39 is 6.10 Å². The predicted octanol–water partition coefficient (Wildman–Crippen LogP) is 3.88. The summed E-state index contributed by atoms with van der Waals surface area (Å²) in [6.07, 6.45) is -0.523. The van der Waals surface area contributed by atoms with Crippen LogP contribution in [0.5, 0.6) is 11.5 Å². The van der Waals surface area contributed by atoms with Crippen LogP contribution in [0.4, 0.5) is 0 Å². The first kappa shape index (κ1) is 17.8. The van der Waals surface area contributed by atoms with Crippen molar-refractivity contribution in [3.05, 3.63) is 22.2 Å². The lowest BCUT2D eigenvalue weighted by Gasteiger charge is -2.17. The smallest absolute Gasteiger partial charge is 0.181 e. The summed E-state index contributed by atoms with van der Waals surface area (Å²) in [4.78, 5) is 0. The van der Waals surface area contributed by atoms with Crippen LogP contribution in [-0.4, -0.2) is 19.3 Å². The van der Waals surface area contributed by atoms with E-state index in [4.69, 9.17) is 14.7 Å². The number of ether oxygens (including phenoxy) is 2. The molecule has 0 aliphatic carbocycles. The summed E-state index contributed by atoms with van der Waals surface area (Å²) in [5.41, 5.74) is 1.11. The maximum atomic E-state index is 8.89. The molecule has 1 unspecified atom stereocenters. The molecule has 5 heteroatoms. The van der Waals surface area contributed by atoms with Crippen molar-refractivity contribution in [1.82, 2.24) is 5.32 Å². The van der Waals surface area contributed by atoms with Crippen LogP contribution in [0.2, 0.25) is 0 Å². The van der Waals surface area contributed by atoms with Crippen LogP contribution in [0.15, 0.2) is 16.6 Å². The number of benzene rings is 1. The predicted molar refractivity (Wildman–Crippen MR) is 87.6 cm³/mol. The molecule has 0 aliphatic rings. The van der Waals surface area contributed by atoms with Crippen LogP contribution in [0.25, 0.3) is 0 Å². The molecule has 1 rings (SSSR count). The molecule has 0 bridgehead atoms. The Kier molecular flexibility index (Phi) is 7.55. The Balaban J connectivity index is 2.92. The van der Waals surface area contributed by atoms with Gasteiger partial charge >= 0.3 is 0 Å². The van der Waals surface area contributed by atoms with Gasteiger partial charge in [-0.3, -0.25) is 0 Å². The Morgan fingerprint density at radius 2 is 2.05 bits per heavy atom. The van der Waals surface area contributed by atoms with Gasteiger partial charge < -0.3 is 14.8 Å². The van der Waals surface area contributed by atoms with Gasteiger partial charge in [0.1, 0.15) is 6.07 Å². The molecule has 1 aromatic rings. The minimum atomic E-state index is -0.523. The van der Waals surface area contributed by atoms with E-state index in [2.05, 4.69) is 41.2 Å². The van der Waals surface area contributed by atoms with Crippen LogP contribution in [-0.2, 0) is 6.54 Å². The second-order valence-corrected chi connectivity index (χ2v) is 6.11. The highest BCUT2D eigenvalue weighted by molar-refractivity contribution is 9.10. The summed E-state index contributed by atoms with van der Waals surface area (Å²) in [5, 5.41) is 12.3. The minimum absolute atomic E-state index is 0.523. The van der Waals surface area contributed by atoms with Crippen LogP contribution in [0.1, 0.15) is 33.3 Å². The van der Waals surface area contributed by atoms with Crippen molar-refractivity contribution in [1.29, 1.82) is 5.26 Å². The molecule has 0 saturated carbocycles. The first-order chi connectivity index (χ1) is 9.97. The molecule has 1 N–H and O–H groups in total. The third kappa shape index (κ3) is 5.94. The zero-order valence-electron chi connectivity index (χ0n) is 13.1. The van der Waals surface area contributed by atoms with E-state index in [9.17, 15) is 0 Å². The monoisotopic (exact) mass is 354 g/mol. The van der Waals surface area contributed by atoms with Crippen LogP contribution in [0.3, 0.4) is 0 Å². The van der Waals surface area contributed by atoms with E-state index in [1.165, 1.54) is 0 Å². The summed E-state index contributed by atoms with van der Waals surface area (Å²) < 4.78 is 12.1.